The molecule has 132 valence electrons. The monoisotopic (exact) mass is 337 g/mol. The van der Waals surface area contributed by atoms with Gasteiger partial charge in [0.05, 0.1) is 6.04 Å². The molecule has 0 saturated carbocycles. The van der Waals surface area contributed by atoms with Crippen molar-refractivity contribution in [2.45, 2.75) is 45.1 Å². The summed E-state index contributed by atoms with van der Waals surface area (Å²) in [7, 11) is 0. The molecule has 2 heterocycles. The van der Waals surface area contributed by atoms with Crippen LogP contribution in [0.25, 0.3) is 0 Å². The Labute approximate surface area is 150 Å². The van der Waals surface area contributed by atoms with Crippen LogP contribution in [0.4, 0.5) is 4.79 Å². The van der Waals surface area contributed by atoms with Crippen molar-refractivity contribution in [3.05, 3.63) is 65.5 Å². The molecule has 3 rings (SSSR count). The van der Waals surface area contributed by atoms with Gasteiger partial charge in [-0.1, -0.05) is 37.1 Å². The minimum absolute atomic E-state index is 0.0531. The molecule has 0 spiro atoms. The lowest BCUT2D eigenvalue weighted by molar-refractivity contribution is 0.176. The van der Waals surface area contributed by atoms with Crippen LogP contribution in [0, 0.1) is 6.92 Å². The van der Waals surface area contributed by atoms with Gasteiger partial charge >= 0.3 is 6.03 Å². The Morgan fingerprint density at radius 3 is 2.76 bits per heavy atom. The number of carbonyl (C=O) groups excluding carboxylic acids is 1. The Morgan fingerprint density at radius 1 is 1.16 bits per heavy atom. The first-order valence-corrected chi connectivity index (χ1v) is 9.24. The first-order chi connectivity index (χ1) is 12.3. The Kier molecular flexibility index (Phi) is 6.04. The molecule has 2 amide bonds. The number of carbonyl (C=O) groups is 1. The molecule has 1 aromatic carbocycles. The van der Waals surface area contributed by atoms with E-state index >= 15 is 0 Å². The van der Waals surface area contributed by atoms with E-state index in [4.69, 9.17) is 0 Å². The summed E-state index contributed by atoms with van der Waals surface area (Å²) in [6, 6.07) is 12.6. The summed E-state index contributed by atoms with van der Waals surface area (Å²) >= 11 is 0. The number of hydrogen-bond acceptors (Lipinski definition) is 2. The first kappa shape index (κ1) is 17.5. The normalized spacial score (nSPS) is 17.8. The second kappa shape index (κ2) is 8.65. The van der Waals surface area contributed by atoms with Crippen molar-refractivity contribution in [1.29, 1.82) is 0 Å². The topological polar surface area (TPSA) is 45.2 Å². The van der Waals surface area contributed by atoms with E-state index in [2.05, 4.69) is 35.4 Å². The van der Waals surface area contributed by atoms with E-state index in [-0.39, 0.29) is 12.1 Å². The van der Waals surface area contributed by atoms with Crippen LogP contribution in [0.1, 0.15) is 48.4 Å². The van der Waals surface area contributed by atoms with Crippen LogP contribution in [-0.4, -0.2) is 29.0 Å². The highest BCUT2D eigenvalue weighted by Gasteiger charge is 2.26. The van der Waals surface area contributed by atoms with E-state index < -0.39 is 0 Å². The molecular weight excluding hydrogens is 310 g/mol. The molecule has 1 N–H and O–H groups in total. The Bertz CT molecular complexity index is 687. The molecule has 1 fully saturated rings. The second-order valence-corrected chi connectivity index (χ2v) is 6.75. The van der Waals surface area contributed by atoms with Gasteiger partial charge in [0.2, 0.25) is 0 Å². The number of aromatic nitrogens is 1. The maximum absolute atomic E-state index is 12.8. The van der Waals surface area contributed by atoms with Crippen LogP contribution in [0.15, 0.2) is 48.8 Å². The second-order valence-electron chi connectivity index (χ2n) is 6.75. The van der Waals surface area contributed by atoms with Gasteiger partial charge in [-0.15, -0.1) is 0 Å². The van der Waals surface area contributed by atoms with Crippen LogP contribution in [0.2, 0.25) is 0 Å². The number of rotatable bonds is 4. The highest BCUT2D eigenvalue weighted by atomic mass is 16.2. The quantitative estimate of drug-likeness (QED) is 0.906. The van der Waals surface area contributed by atoms with Gasteiger partial charge in [-0.3, -0.25) is 4.98 Å². The standard InChI is InChI=1S/C21H27N3O/c1-17-7-4-5-8-18(17)12-15-23-21(25)24-16-6-2-3-9-20(24)19-10-13-22-14-11-19/h4-5,7-8,10-11,13-14,20H,2-3,6,9,12,15-16H2,1H3,(H,23,25). The minimum atomic E-state index is 0.0531. The van der Waals surface area contributed by atoms with Gasteiger partial charge in [0, 0.05) is 25.5 Å². The van der Waals surface area contributed by atoms with Crippen LogP contribution in [0.5, 0.6) is 0 Å². The molecule has 1 aromatic heterocycles. The summed E-state index contributed by atoms with van der Waals surface area (Å²) in [6.07, 6.45) is 8.95. The number of urea groups is 1. The van der Waals surface area contributed by atoms with E-state index in [0.717, 1.165) is 25.8 Å². The van der Waals surface area contributed by atoms with Gasteiger partial charge in [-0.05, 0) is 55.0 Å². The fraction of sp³-hybridized carbons (Fsp3) is 0.429. The Balaban J connectivity index is 1.63. The predicted molar refractivity (Wildman–Crippen MR) is 100 cm³/mol. The summed E-state index contributed by atoms with van der Waals surface area (Å²) in [6.45, 7) is 3.61. The smallest absolute Gasteiger partial charge is 0.317 e. The molecule has 1 saturated heterocycles. The zero-order chi connectivity index (χ0) is 17.5. The molecule has 0 aliphatic carbocycles. The molecule has 1 unspecified atom stereocenters. The number of aryl methyl sites for hydroxylation is 1. The Hall–Kier alpha value is -2.36. The number of pyridine rings is 1. The summed E-state index contributed by atoms with van der Waals surface area (Å²) in [5.74, 6) is 0. The van der Waals surface area contributed by atoms with E-state index in [0.29, 0.717) is 6.54 Å². The van der Waals surface area contributed by atoms with E-state index in [1.165, 1.54) is 29.5 Å². The van der Waals surface area contributed by atoms with E-state index in [1.54, 1.807) is 0 Å². The molecule has 4 heteroatoms. The summed E-state index contributed by atoms with van der Waals surface area (Å²) < 4.78 is 0. The third kappa shape index (κ3) is 4.59. The minimum Gasteiger partial charge on any atom is -0.338 e. The van der Waals surface area contributed by atoms with Crippen molar-refractivity contribution < 1.29 is 4.79 Å². The lowest BCUT2D eigenvalue weighted by atomic mass is 10.0. The lowest BCUT2D eigenvalue weighted by Gasteiger charge is -2.30. The highest BCUT2D eigenvalue weighted by molar-refractivity contribution is 5.74. The van der Waals surface area contributed by atoms with Gasteiger partial charge in [0.1, 0.15) is 0 Å². The zero-order valence-corrected chi connectivity index (χ0v) is 14.9. The number of hydrogen-bond donors (Lipinski definition) is 1. The van der Waals surface area contributed by atoms with Crippen LogP contribution < -0.4 is 5.32 Å². The third-order valence-corrected chi connectivity index (χ3v) is 5.04. The van der Waals surface area contributed by atoms with E-state index in [9.17, 15) is 4.79 Å². The van der Waals surface area contributed by atoms with Crippen molar-refractivity contribution in [3.8, 4) is 0 Å². The van der Waals surface area contributed by atoms with E-state index in [1.807, 2.05) is 35.5 Å². The molecule has 25 heavy (non-hydrogen) atoms. The van der Waals surface area contributed by atoms with Crippen LogP contribution >= 0.6 is 0 Å². The number of benzene rings is 1. The van der Waals surface area contributed by atoms with Crippen molar-refractivity contribution in [2.75, 3.05) is 13.1 Å². The maximum atomic E-state index is 12.8. The zero-order valence-electron chi connectivity index (χ0n) is 14.9. The third-order valence-electron chi connectivity index (χ3n) is 5.04. The number of nitrogens with one attached hydrogen (secondary N) is 1. The molecule has 1 atom stereocenters. The fourth-order valence-electron chi connectivity index (χ4n) is 3.58. The maximum Gasteiger partial charge on any atom is 0.317 e. The number of amides is 2. The Morgan fingerprint density at radius 2 is 1.96 bits per heavy atom. The van der Waals surface area contributed by atoms with Crippen molar-refractivity contribution in [2.24, 2.45) is 0 Å². The first-order valence-electron chi connectivity index (χ1n) is 9.24. The van der Waals surface area contributed by atoms with Gasteiger partial charge in [0.15, 0.2) is 0 Å². The van der Waals surface area contributed by atoms with Crippen LogP contribution in [0.3, 0.4) is 0 Å². The molecule has 0 bridgehead atoms. The molecule has 4 nitrogen and oxygen atoms in total. The van der Waals surface area contributed by atoms with Crippen molar-refractivity contribution >= 4 is 6.03 Å². The molecular formula is C21H27N3O. The van der Waals surface area contributed by atoms with Gasteiger partial charge in [-0.25, -0.2) is 4.79 Å². The van der Waals surface area contributed by atoms with Gasteiger partial charge < -0.3 is 10.2 Å². The average Bonchev–Trinajstić information content (AvgIpc) is 2.90. The predicted octanol–water partition coefficient (Wildman–Crippen LogP) is 4.26. The van der Waals surface area contributed by atoms with Crippen molar-refractivity contribution in [3.63, 3.8) is 0 Å². The number of nitrogens with zero attached hydrogens (tertiary/aromatic N) is 2. The molecule has 2 aromatic rings. The fourth-order valence-corrected chi connectivity index (χ4v) is 3.58. The van der Waals surface area contributed by atoms with Gasteiger partial charge in [0.25, 0.3) is 0 Å². The molecule has 1 aliphatic heterocycles. The molecule has 1 aliphatic rings. The summed E-state index contributed by atoms with van der Waals surface area (Å²) in [4.78, 5) is 18.9. The molecule has 0 radical (unpaired) electrons. The number of likely N-dealkylation sites (tertiary alicyclic amines) is 1. The average molecular weight is 337 g/mol. The van der Waals surface area contributed by atoms with Crippen LogP contribution in [-0.2, 0) is 6.42 Å². The van der Waals surface area contributed by atoms with Crippen molar-refractivity contribution in [1.82, 2.24) is 15.2 Å². The highest BCUT2D eigenvalue weighted by Crippen LogP contribution is 2.29. The summed E-state index contributed by atoms with van der Waals surface area (Å²) in [5, 5.41) is 3.13. The van der Waals surface area contributed by atoms with Gasteiger partial charge in [-0.2, -0.15) is 0 Å². The largest absolute Gasteiger partial charge is 0.338 e. The summed E-state index contributed by atoms with van der Waals surface area (Å²) in [5.41, 5.74) is 3.76. The lowest BCUT2D eigenvalue weighted by Crippen LogP contribution is -2.42. The SMILES string of the molecule is Cc1ccccc1CCNC(=O)N1CCCCCC1c1ccncc1.